The van der Waals surface area contributed by atoms with Crippen LogP contribution in [0.25, 0.3) is 0 Å². The number of hydrogen-bond acceptors (Lipinski definition) is 2. The summed E-state index contributed by atoms with van der Waals surface area (Å²) in [5.74, 6) is 0. The summed E-state index contributed by atoms with van der Waals surface area (Å²) < 4.78 is 0. The van der Waals surface area contributed by atoms with Gasteiger partial charge in [-0.2, -0.15) is 0 Å². The lowest BCUT2D eigenvalue weighted by molar-refractivity contribution is 0.248. The maximum atomic E-state index is 6.23. The molecule has 0 radical (unpaired) electrons. The molecule has 2 aromatic rings. The van der Waals surface area contributed by atoms with Crippen molar-refractivity contribution in [3.63, 3.8) is 0 Å². The summed E-state index contributed by atoms with van der Waals surface area (Å²) in [7, 11) is 0. The van der Waals surface area contributed by atoms with Crippen LogP contribution >= 0.6 is 11.6 Å². The van der Waals surface area contributed by atoms with Crippen molar-refractivity contribution < 1.29 is 0 Å². The van der Waals surface area contributed by atoms with Gasteiger partial charge in [-0.25, -0.2) is 4.98 Å². The Balaban J connectivity index is 1.81. The number of rotatable bonds is 3. The van der Waals surface area contributed by atoms with Gasteiger partial charge in [0.05, 0.1) is 0 Å². The third-order valence-electron chi connectivity index (χ3n) is 3.74. The maximum Gasteiger partial charge on any atom is 0.133 e. The summed E-state index contributed by atoms with van der Waals surface area (Å²) in [5, 5.41) is 0.646. The van der Waals surface area contributed by atoms with Gasteiger partial charge in [-0.15, -0.1) is 0 Å². The van der Waals surface area contributed by atoms with Crippen LogP contribution < -0.4 is 0 Å². The zero-order chi connectivity index (χ0) is 13.1. The predicted octanol–water partition coefficient (Wildman–Crippen LogP) is 4.07. The fourth-order valence-corrected chi connectivity index (χ4v) is 3.08. The average Bonchev–Trinajstić information content (AvgIpc) is 2.88. The lowest BCUT2D eigenvalue weighted by Crippen LogP contribution is -2.23. The second kappa shape index (κ2) is 5.72. The molecular weight excluding hydrogens is 256 g/mol. The summed E-state index contributed by atoms with van der Waals surface area (Å²) in [6, 6.07) is 15.1. The van der Waals surface area contributed by atoms with Gasteiger partial charge in [-0.1, -0.05) is 48.0 Å². The Morgan fingerprint density at radius 2 is 2.00 bits per heavy atom. The second-order valence-corrected chi connectivity index (χ2v) is 5.36. The maximum absolute atomic E-state index is 6.23. The Kier molecular flexibility index (Phi) is 3.81. The number of benzene rings is 1. The molecular formula is C16H17ClN2. The van der Waals surface area contributed by atoms with Crippen LogP contribution in [0.1, 0.15) is 30.0 Å². The highest BCUT2D eigenvalue weighted by Gasteiger charge is 2.27. The largest absolute Gasteiger partial charge is 0.292 e. The molecule has 2 nitrogen and oxygen atoms in total. The van der Waals surface area contributed by atoms with Crippen LogP contribution in [0.15, 0.2) is 48.7 Å². The van der Waals surface area contributed by atoms with Gasteiger partial charge in [0.1, 0.15) is 5.15 Å². The summed E-state index contributed by atoms with van der Waals surface area (Å²) in [4.78, 5) is 6.70. The molecule has 1 aromatic carbocycles. The van der Waals surface area contributed by atoms with E-state index in [1.807, 2.05) is 6.07 Å². The van der Waals surface area contributed by atoms with E-state index < -0.39 is 0 Å². The van der Waals surface area contributed by atoms with Gasteiger partial charge in [0.15, 0.2) is 0 Å². The first-order valence-electron chi connectivity index (χ1n) is 6.73. The first-order chi connectivity index (χ1) is 9.34. The van der Waals surface area contributed by atoms with E-state index in [0.29, 0.717) is 11.2 Å². The number of hydrogen-bond donors (Lipinski definition) is 0. The highest BCUT2D eigenvalue weighted by Crippen LogP contribution is 2.35. The molecule has 0 N–H and O–H groups in total. The van der Waals surface area contributed by atoms with Crippen molar-refractivity contribution in [3.8, 4) is 0 Å². The van der Waals surface area contributed by atoms with E-state index >= 15 is 0 Å². The van der Waals surface area contributed by atoms with E-state index in [0.717, 1.165) is 25.1 Å². The summed E-state index contributed by atoms with van der Waals surface area (Å²) >= 11 is 6.23. The second-order valence-electron chi connectivity index (χ2n) is 5.00. The molecule has 0 saturated carbocycles. The minimum Gasteiger partial charge on any atom is -0.292 e. The molecule has 1 saturated heterocycles. The summed E-state index contributed by atoms with van der Waals surface area (Å²) in [6.45, 7) is 2.11. The van der Waals surface area contributed by atoms with E-state index in [-0.39, 0.29) is 0 Å². The standard InChI is InChI=1S/C16H17ClN2/c17-16-14(8-4-10-18-16)15-9-5-11-19(15)12-13-6-2-1-3-7-13/h1-4,6-8,10,15H,5,9,11-12H2/t15-/m0/s1. The number of halogens is 1. The SMILES string of the molecule is Clc1ncccc1[C@@H]1CCCN1Cc1ccccc1. The smallest absolute Gasteiger partial charge is 0.133 e. The third kappa shape index (κ3) is 2.80. The fraction of sp³-hybridized carbons (Fsp3) is 0.312. The Morgan fingerprint density at radius 1 is 1.16 bits per heavy atom. The van der Waals surface area contributed by atoms with Gasteiger partial charge in [-0.05, 0) is 31.0 Å². The van der Waals surface area contributed by atoms with Crippen LogP contribution in [0.4, 0.5) is 0 Å². The topological polar surface area (TPSA) is 16.1 Å². The van der Waals surface area contributed by atoms with Gasteiger partial charge >= 0.3 is 0 Å². The summed E-state index contributed by atoms with van der Waals surface area (Å²) in [5.41, 5.74) is 2.52. The van der Waals surface area contributed by atoms with Crippen LogP contribution in [0, 0.1) is 0 Å². The number of pyridine rings is 1. The molecule has 1 aliphatic heterocycles. The fourth-order valence-electron chi connectivity index (χ4n) is 2.83. The molecule has 1 aromatic heterocycles. The Bertz CT molecular complexity index is 541. The van der Waals surface area contributed by atoms with Crippen molar-refractivity contribution in [2.75, 3.05) is 6.54 Å². The lowest BCUT2D eigenvalue weighted by atomic mass is 10.1. The van der Waals surface area contributed by atoms with Crippen molar-refractivity contribution in [3.05, 3.63) is 64.9 Å². The molecule has 3 heteroatoms. The lowest BCUT2D eigenvalue weighted by Gasteiger charge is -2.25. The highest BCUT2D eigenvalue weighted by atomic mass is 35.5. The van der Waals surface area contributed by atoms with E-state index in [9.17, 15) is 0 Å². The number of aromatic nitrogens is 1. The van der Waals surface area contributed by atoms with Crippen LogP contribution in [0.5, 0.6) is 0 Å². The monoisotopic (exact) mass is 272 g/mol. The van der Waals surface area contributed by atoms with Crippen molar-refractivity contribution in [1.82, 2.24) is 9.88 Å². The van der Waals surface area contributed by atoms with Crippen molar-refractivity contribution in [2.24, 2.45) is 0 Å². The van der Waals surface area contributed by atoms with Crippen molar-refractivity contribution >= 4 is 11.6 Å². The van der Waals surface area contributed by atoms with E-state index in [4.69, 9.17) is 11.6 Å². The third-order valence-corrected chi connectivity index (χ3v) is 4.05. The molecule has 1 aliphatic rings. The van der Waals surface area contributed by atoms with Gasteiger partial charge in [-0.3, -0.25) is 4.90 Å². The van der Waals surface area contributed by atoms with Crippen LogP contribution in [-0.4, -0.2) is 16.4 Å². The van der Waals surface area contributed by atoms with E-state index in [1.54, 1.807) is 6.20 Å². The first kappa shape index (κ1) is 12.6. The molecule has 0 unspecified atom stereocenters. The van der Waals surface area contributed by atoms with Gasteiger partial charge in [0.2, 0.25) is 0 Å². The Labute approximate surface area is 119 Å². The van der Waals surface area contributed by atoms with E-state index in [1.165, 1.54) is 12.0 Å². The Morgan fingerprint density at radius 3 is 2.79 bits per heavy atom. The summed E-state index contributed by atoms with van der Waals surface area (Å²) in [6.07, 6.45) is 4.14. The van der Waals surface area contributed by atoms with Crippen LogP contribution in [0.2, 0.25) is 5.15 Å². The molecule has 0 aliphatic carbocycles. The molecule has 1 atom stereocenters. The molecule has 0 spiro atoms. The van der Waals surface area contributed by atoms with Crippen LogP contribution in [-0.2, 0) is 6.54 Å². The minimum absolute atomic E-state index is 0.404. The molecule has 19 heavy (non-hydrogen) atoms. The molecule has 0 amide bonds. The quantitative estimate of drug-likeness (QED) is 0.783. The zero-order valence-corrected chi connectivity index (χ0v) is 11.6. The van der Waals surface area contributed by atoms with Gasteiger partial charge < -0.3 is 0 Å². The van der Waals surface area contributed by atoms with Crippen molar-refractivity contribution in [1.29, 1.82) is 0 Å². The predicted molar refractivity (Wildman–Crippen MR) is 78.1 cm³/mol. The molecule has 2 heterocycles. The Hall–Kier alpha value is -1.38. The minimum atomic E-state index is 0.404. The molecule has 1 fully saturated rings. The van der Waals surface area contributed by atoms with Crippen LogP contribution in [0.3, 0.4) is 0 Å². The van der Waals surface area contributed by atoms with Crippen molar-refractivity contribution in [2.45, 2.75) is 25.4 Å². The zero-order valence-electron chi connectivity index (χ0n) is 10.8. The molecule has 98 valence electrons. The molecule has 0 bridgehead atoms. The highest BCUT2D eigenvalue weighted by molar-refractivity contribution is 6.30. The average molecular weight is 273 g/mol. The van der Waals surface area contributed by atoms with Gasteiger partial charge in [0.25, 0.3) is 0 Å². The molecule has 3 rings (SSSR count). The number of nitrogens with zero attached hydrogens (tertiary/aromatic N) is 2. The number of likely N-dealkylation sites (tertiary alicyclic amines) is 1. The van der Waals surface area contributed by atoms with E-state index in [2.05, 4.69) is 46.3 Å². The normalized spacial score (nSPS) is 19.7. The van der Waals surface area contributed by atoms with Gasteiger partial charge in [0, 0.05) is 24.3 Å². The first-order valence-corrected chi connectivity index (χ1v) is 7.11.